The molecule has 1 saturated heterocycles. The summed E-state index contributed by atoms with van der Waals surface area (Å²) in [7, 11) is 0. The predicted octanol–water partition coefficient (Wildman–Crippen LogP) is 2.50. The van der Waals surface area contributed by atoms with Crippen LogP contribution in [0.4, 0.5) is 0 Å². The molecule has 1 N–H and O–H groups in total. The number of carbonyl (C=O) groups excluding carboxylic acids is 1. The van der Waals surface area contributed by atoms with E-state index < -0.39 is 17.7 Å². The van der Waals surface area contributed by atoms with E-state index >= 15 is 0 Å². The van der Waals surface area contributed by atoms with Crippen molar-refractivity contribution in [2.45, 2.75) is 57.7 Å². The lowest BCUT2D eigenvalue weighted by atomic mass is 9.59. The number of aliphatic hydroxyl groups is 1. The fourth-order valence-electron chi connectivity index (χ4n) is 3.98. The van der Waals surface area contributed by atoms with Crippen molar-refractivity contribution in [2.75, 3.05) is 0 Å². The SMILES string of the molecule is C=C1C(=O)O[C@H]2C3=C(C)CCC[C@]3(C)CC[C@@]12O. The number of carbonyl (C=O) groups is 1. The summed E-state index contributed by atoms with van der Waals surface area (Å²) in [6, 6.07) is 0. The fourth-order valence-corrected chi connectivity index (χ4v) is 3.98. The third-order valence-electron chi connectivity index (χ3n) is 5.14. The maximum atomic E-state index is 11.7. The second-order valence-corrected chi connectivity index (χ2v) is 6.30. The summed E-state index contributed by atoms with van der Waals surface area (Å²) in [5.74, 6) is -0.433. The Kier molecular flexibility index (Phi) is 2.31. The largest absolute Gasteiger partial charge is 0.451 e. The van der Waals surface area contributed by atoms with Gasteiger partial charge in [-0.25, -0.2) is 4.79 Å². The van der Waals surface area contributed by atoms with E-state index in [-0.39, 0.29) is 11.0 Å². The molecule has 2 fully saturated rings. The van der Waals surface area contributed by atoms with Gasteiger partial charge in [-0.15, -0.1) is 0 Å². The smallest absolute Gasteiger partial charge is 0.337 e. The molecule has 2 aliphatic carbocycles. The fraction of sp³-hybridized carbons (Fsp3) is 0.667. The van der Waals surface area contributed by atoms with Gasteiger partial charge in [-0.1, -0.05) is 19.1 Å². The Balaban J connectivity index is 2.13. The molecule has 98 valence electrons. The number of hydrogen-bond acceptors (Lipinski definition) is 3. The summed E-state index contributed by atoms with van der Waals surface area (Å²) < 4.78 is 5.44. The first-order valence-electron chi connectivity index (χ1n) is 6.71. The maximum Gasteiger partial charge on any atom is 0.337 e. The molecule has 3 aliphatic rings. The van der Waals surface area contributed by atoms with Crippen molar-refractivity contribution >= 4 is 5.97 Å². The molecular formula is C15H20O3. The lowest BCUT2D eigenvalue weighted by Gasteiger charge is -2.48. The average molecular weight is 248 g/mol. The second-order valence-electron chi connectivity index (χ2n) is 6.30. The van der Waals surface area contributed by atoms with Crippen molar-refractivity contribution in [1.82, 2.24) is 0 Å². The summed E-state index contributed by atoms with van der Waals surface area (Å²) >= 11 is 0. The molecule has 1 heterocycles. The lowest BCUT2D eigenvalue weighted by Crippen LogP contribution is -2.50. The molecule has 0 amide bonds. The first kappa shape index (κ1) is 12.0. The van der Waals surface area contributed by atoms with E-state index in [2.05, 4.69) is 20.4 Å². The molecule has 0 radical (unpaired) electrons. The highest BCUT2D eigenvalue weighted by Gasteiger charge is 2.59. The first-order chi connectivity index (χ1) is 8.38. The van der Waals surface area contributed by atoms with Gasteiger partial charge in [-0.2, -0.15) is 0 Å². The van der Waals surface area contributed by atoms with Crippen LogP contribution in [0.3, 0.4) is 0 Å². The van der Waals surface area contributed by atoms with Crippen molar-refractivity contribution in [3.8, 4) is 0 Å². The summed E-state index contributed by atoms with van der Waals surface area (Å²) in [5, 5.41) is 10.7. The summed E-state index contributed by atoms with van der Waals surface area (Å²) in [6.45, 7) is 8.07. The van der Waals surface area contributed by atoms with Crippen LogP contribution >= 0.6 is 0 Å². The average Bonchev–Trinajstić information content (AvgIpc) is 2.53. The molecule has 0 aromatic carbocycles. The third kappa shape index (κ3) is 1.31. The van der Waals surface area contributed by atoms with Gasteiger partial charge in [-0.3, -0.25) is 0 Å². The van der Waals surface area contributed by atoms with Crippen LogP contribution in [0, 0.1) is 5.41 Å². The Hall–Kier alpha value is -1.09. The minimum Gasteiger partial charge on any atom is -0.451 e. The van der Waals surface area contributed by atoms with Gasteiger partial charge in [0.2, 0.25) is 0 Å². The van der Waals surface area contributed by atoms with Crippen molar-refractivity contribution in [1.29, 1.82) is 0 Å². The normalized spacial score (nSPS) is 43.6. The molecule has 0 spiro atoms. The van der Waals surface area contributed by atoms with E-state index in [1.807, 2.05) is 0 Å². The van der Waals surface area contributed by atoms with Crippen LogP contribution in [0.2, 0.25) is 0 Å². The second kappa shape index (κ2) is 3.47. The Morgan fingerprint density at radius 3 is 2.83 bits per heavy atom. The molecule has 18 heavy (non-hydrogen) atoms. The van der Waals surface area contributed by atoms with Gasteiger partial charge in [0, 0.05) is 0 Å². The molecule has 3 heteroatoms. The summed E-state index contributed by atoms with van der Waals surface area (Å²) in [4.78, 5) is 11.7. The zero-order chi connectivity index (χ0) is 13.1. The molecule has 3 nitrogen and oxygen atoms in total. The van der Waals surface area contributed by atoms with Gasteiger partial charge < -0.3 is 9.84 Å². The highest BCUT2D eigenvalue weighted by atomic mass is 16.6. The van der Waals surface area contributed by atoms with Gasteiger partial charge in [-0.05, 0) is 50.0 Å². The minimum absolute atomic E-state index is 0.0874. The topological polar surface area (TPSA) is 46.5 Å². The first-order valence-corrected chi connectivity index (χ1v) is 6.71. The molecule has 0 aromatic heterocycles. The van der Waals surface area contributed by atoms with E-state index in [1.165, 1.54) is 12.0 Å². The highest BCUT2D eigenvalue weighted by Crippen LogP contribution is 2.56. The highest BCUT2D eigenvalue weighted by molar-refractivity contribution is 5.93. The molecule has 0 aromatic rings. The van der Waals surface area contributed by atoms with E-state index in [4.69, 9.17) is 4.74 Å². The molecule has 3 rings (SSSR count). The number of ether oxygens (including phenoxy) is 1. The molecule has 0 bridgehead atoms. The standard InChI is InChI=1S/C15H20O3/c1-9-5-4-6-14(3)7-8-15(17)10(2)13(16)18-12(15)11(9)14/h12,17H,2,4-8H2,1,3H3/t12-,14+,15+/m0/s1. The Labute approximate surface area is 108 Å². The molecule has 1 saturated carbocycles. The summed E-state index contributed by atoms with van der Waals surface area (Å²) in [5.41, 5.74) is 1.61. The van der Waals surface area contributed by atoms with E-state index in [0.29, 0.717) is 6.42 Å². The molecule has 1 aliphatic heterocycles. The third-order valence-corrected chi connectivity index (χ3v) is 5.14. The van der Waals surface area contributed by atoms with E-state index in [1.54, 1.807) is 0 Å². The van der Waals surface area contributed by atoms with E-state index in [9.17, 15) is 9.90 Å². The Bertz CT molecular complexity index is 476. The summed E-state index contributed by atoms with van der Waals surface area (Å²) in [6.07, 6.45) is 4.35. The number of allylic oxidation sites excluding steroid dienone is 1. The van der Waals surface area contributed by atoms with Crippen molar-refractivity contribution in [3.63, 3.8) is 0 Å². The van der Waals surface area contributed by atoms with Gasteiger partial charge in [0.05, 0.1) is 5.57 Å². The molecule has 0 unspecified atom stereocenters. The van der Waals surface area contributed by atoms with Gasteiger partial charge >= 0.3 is 5.97 Å². The number of rotatable bonds is 0. The van der Waals surface area contributed by atoms with Crippen LogP contribution in [0.15, 0.2) is 23.3 Å². The van der Waals surface area contributed by atoms with Crippen LogP contribution in [0.1, 0.15) is 46.0 Å². The van der Waals surface area contributed by atoms with Crippen molar-refractivity contribution in [2.24, 2.45) is 5.41 Å². The monoisotopic (exact) mass is 248 g/mol. The minimum atomic E-state index is -1.16. The Morgan fingerprint density at radius 1 is 1.39 bits per heavy atom. The number of fused-ring (bicyclic) bond motifs is 3. The Morgan fingerprint density at radius 2 is 2.11 bits per heavy atom. The van der Waals surface area contributed by atoms with Crippen molar-refractivity contribution < 1.29 is 14.6 Å². The van der Waals surface area contributed by atoms with Crippen LogP contribution in [-0.2, 0) is 9.53 Å². The van der Waals surface area contributed by atoms with Crippen LogP contribution in [0.5, 0.6) is 0 Å². The van der Waals surface area contributed by atoms with Crippen LogP contribution < -0.4 is 0 Å². The maximum absolute atomic E-state index is 11.7. The van der Waals surface area contributed by atoms with Gasteiger partial charge in [0.1, 0.15) is 5.60 Å². The number of hydrogen-bond donors (Lipinski definition) is 1. The molecule has 3 atom stereocenters. The molecular weight excluding hydrogens is 228 g/mol. The number of esters is 1. The zero-order valence-corrected chi connectivity index (χ0v) is 11.1. The predicted molar refractivity (Wildman–Crippen MR) is 67.9 cm³/mol. The van der Waals surface area contributed by atoms with Crippen LogP contribution in [-0.4, -0.2) is 22.8 Å². The van der Waals surface area contributed by atoms with Crippen molar-refractivity contribution in [3.05, 3.63) is 23.3 Å². The lowest BCUT2D eigenvalue weighted by molar-refractivity contribution is -0.141. The zero-order valence-electron chi connectivity index (χ0n) is 11.1. The van der Waals surface area contributed by atoms with Crippen LogP contribution in [0.25, 0.3) is 0 Å². The van der Waals surface area contributed by atoms with E-state index in [0.717, 1.165) is 24.8 Å². The quantitative estimate of drug-likeness (QED) is 0.407. The van der Waals surface area contributed by atoms with Gasteiger partial charge in [0.15, 0.2) is 6.10 Å². The van der Waals surface area contributed by atoms with Gasteiger partial charge in [0.25, 0.3) is 0 Å².